The summed E-state index contributed by atoms with van der Waals surface area (Å²) in [5.41, 5.74) is 1.83. The van der Waals surface area contributed by atoms with Gasteiger partial charge in [0.25, 0.3) is 0 Å². The fourth-order valence-electron chi connectivity index (χ4n) is 2.12. The van der Waals surface area contributed by atoms with Gasteiger partial charge >= 0.3 is 0 Å². The van der Waals surface area contributed by atoms with Gasteiger partial charge in [0.15, 0.2) is 4.77 Å². The molecular formula is C11H11Cl2N3OS. The van der Waals surface area contributed by atoms with E-state index in [2.05, 4.69) is 9.99 Å². The Morgan fingerprint density at radius 2 is 1.83 bits per heavy atom. The number of imidazole rings is 1. The van der Waals surface area contributed by atoms with Crippen molar-refractivity contribution in [3.63, 3.8) is 0 Å². The second-order valence-electron chi connectivity index (χ2n) is 4.09. The molecule has 18 heavy (non-hydrogen) atoms. The van der Waals surface area contributed by atoms with E-state index in [0.717, 1.165) is 24.1 Å². The topological polar surface area (TPSA) is 33.2 Å². The molecule has 0 atom stereocenters. The van der Waals surface area contributed by atoms with Gasteiger partial charge in [0.1, 0.15) is 0 Å². The second kappa shape index (κ2) is 4.74. The minimum Gasteiger partial charge on any atom is -0.378 e. The van der Waals surface area contributed by atoms with Crippen LogP contribution >= 0.6 is 35.4 Å². The number of nitrogens with zero attached hydrogens (tertiary/aromatic N) is 2. The van der Waals surface area contributed by atoms with Crippen molar-refractivity contribution in [1.29, 1.82) is 0 Å². The normalized spacial score (nSPS) is 16.4. The molecule has 0 radical (unpaired) electrons. The molecule has 1 fully saturated rings. The summed E-state index contributed by atoms with van der Waals surface area (Å²) in [4.78, 5) is 3.14. The molecule has 0 spiro atoms. The van der Waals surface area contributed by atoms with E-state index in [0.29, 0.717) is 28.0 Å². The van der Waals surface area contributed by atoms with Gasteiger partial charge in [0, 0.05) is 0 Å². The van der Waals surface area contributed by atoms with Crippen LogP contribution in [0.25, 0.3) is 11.0 Å². The van der Waals surface area contributed by atoms with Crippen molar-refractivity contribution in [3.05, 3.63) is 26.9 Å². The molecule has 0 amide bonds. The fourth-order valence-corrected chi connectivity index (χ4v) is 2.77. The summed E-state index contributed by atoms with van der Waals surface area (Å²) in [5.74, 6) is 0. The fraction of sp³-hybridized carbons (Fsp3) is 0.364. The van der Waals surface area contributed by atoms with Gasteiger partial charge in [-0.1, -0.05) is 23.2 Å². The first-order chi connectivity index (χ1) is 8.66. The number of fused-ring (bicyclic) bond motifs is 1. The molecule has 2 heterocycles. The van der Waals surface area contributed by atoms with Gasteiger partial charge < -0.3 is 14.7 Å². The van der Waals surface area contributed by atoms with E-state index >= 15 is 0 Å². The second-order valence-corrected chi connectivity index (χ2v) is 5.29. The zero-order chi connectivity index (χ0) is 12.7. The van der Waals surface area contributed by atoms with Crippen molar-refractivity contribution in [1.82, 2.24) is 9.66 Å². The first-order valence-corrected chi connectivity index (χ1v) is 6.76. The Morgan fingerprint density at radius 3 is 2.56 bits per heavy atom. The number of rotatable bonds is 1. The molecule has 0 unspecified atom stereocenters. The van der Waals surface area contributed by atoms with Gasteiger partial charge in [-0.2, -0.15) is 0 Å². The van der Waals surface area contributed by atoms with Gasteiger partial charge in [-0.15, -0.1) is 0 Å². The lowest BCUT2D eigenvalue weighted by molar-refractivity contribution is 0.111. The molecule has 7 heteroatoms. The number of aromatic amines is 1. The van der Waals surface area contributed by atoms with Crippen LogP contribution in [0.2, 0.25) is 10.0 Å². The molecule has 0 saturated carbocycles. The first-order valence-electron chi connectivity index (χ1n) is 5.59. The Balaban J connectivity index is 2.18. The number of aromatic nitrogens is 2. The summed E-state index contributed by atoms with van der Waals surface area (Å²) in [7, 11) is 0. The molecule has 1 saturated heterocycles. The maximum Gasteiger partial charge on any atom is 0.197 e. The molecular weight excluding hydrogens is 293 g/mol. The van der Waals surface area contributed by atoms with Crippen LogP contribution in [0.5, 0.6) is 0 Å². The van der Waals surface area contributed by atoms with Crippen LogP contribution < -0.4 is 5.01 Å². The lowest BCUT2D eigenvalue weighted by atomic mass is 10.3. The summed E-state index contributed by atoms with van der Waals surface area (Å²) in [5, 5.41) is 3.20. The molecule has 1 aliphatic rings. The molecule has 0 aliphatic carbocycles. The highest BCUT2D eigenvalue weighted by Gasteiger charge is 2.16. The number of hydrogen-bond donors (Lipinski definition) is 1. The molecule has 2 aromatic rings. The minimum absolute atomic E-state index is 0.523. The summed E-state index contributed by atoms with van der Waals surface area (Å²) in [6, 6.07) is 3.63. The highest BCUT2D eigenvalue weighted by molar-refractivity contribution is 7.71. The first kappa shape index (κ1) is 12.3. The molecule has 1 aromatic heterocycles. The number of halogens is 2. The number of H-pyrrole nitrogens is 1. The summed E-state index contributed by atoms with van der Waals surface area (Å²) in [6.07, 6.45) is 0. The van der Waals surface area contributed by atoms with Crippen molar-refractivity contribution in [2.24, 2.45) is 0 Å². The molecule has 1 aromatic carbocycles. The van der Waals surface area contributed by atoms with E-state index in [1.807, 2.05) is 10.7 Å². The van der Waals surface area contributed by atoms with E-state index in [1.54, 1.807) is 6.07 Å². The third kappa shape index (κ3) is 2.01. The third-order valence-corrected chi connectivity index (χ3v) is 3.97. The summed E-state index contributed by atoms with van der Waals surface area (Å²) in [6.45, 7) is 3.02. The van der Waals surface area contributed by atoms with Crippen molar-refractivity contribution < 1.29 is 4.74 Å². The number of nitrogens with one attached hydrogen (secondary N) is 1. The van der Waals surface area contributed by atoms with Crippen molar-refractivity contribution in [2.75, 3.05) is 31.3 Å². The lowest BCUT2D eigenvalue weighted by Crippen LogP contribution is -2.43. The SMILES string of the molecule is S=c1[nH]c2cc(Cl)c(Cl)cc2n1N1CCOCC1. The summed E-state index contributed by atoms with van der Waals surface area (Å²) >= 11 is 17.4. The highest BCUT2D eigenvalue weighted by Crippen LogP contribution is 2.27. The third-order valence-electron chi connectivity index (χ3n) is 2.97. The van der Waals surface area contributed by atoms with Crippen LogP contribution in [-0.2, 0) is 4.74 Å². The van der Waals surface area contributed by atoms with Crippen LogP contribution in [0, 0.1) is 4.77 Å². The maximum absolute atomic E-state index is 6.07. The van der Waals surface area contributed by atoms with Gasteiger partial charge in [-0.3, -0.25) is 0 Å². The smallest absolute Gasteiger partial charge is 0.197 e. The van der Waals surface area contributed by atoms with E-state index in [-0.39, 0.29) is 0 Å². The molecule has 1 aliphatic heterocycles. The van der Waals surface area contributed by atoms with E-state index < -0.39 is 0 Å². The zero-order valence-electron chi connectivity index (χ0n) is 9.45. The number of hydrogen-bond acceptors (Lipinski definition) is 3. The predicted molar refractivity (Wildman–Crippen MR) is 75.9 cm³/mol. The summed E-state index contributed by atoms with van der Waals surface area (Å²) < 4.78 is 7.96. The van der Waals surface area contributed by atoms with Gasteiger partial charge in [0.05, 0.1) is 47.4 Å². The van der Waals surface area contributed by atoms with E-state index in [1.165, 1.54) is 0 Å². The van der Waals surface area contributed by atoms with Crippen LogP contribution in [0.4, 0.5) is 0 Å². The average molecular weight is 304 g/mol. The highest BCUT2D eigenvalue weighted by atomic mass is 35.5. The minimum atomic E-state index is 0.523. The van der Waals surface area contributed by atoms with Gasteiger partial charge in [0.2, 0.25) is 0 Å². The molecule has 1 N–H and O–H groups in total. The Hall–Kier alpha value is -0.750. The van der Waals surface area contributed by atoms with E-state index in [9.17, 15) is 0 Å². The van der Waals surface area contributed by atoms with Crippen molar-refractivity contribution in [3.8, 4) is 0 Å². The lowest BCUT2D eigenvalue weighted by Gasteiger charge is -2.29. The standard InChI is InChI=1S/C11H11Cl2N3OS/c12-7-5-9-10(6-8(7)13)16(11(18)14-9)15-1-3-17-4-2-15/h5-6H,1-4H2,(H,14,18). The molecule has 3 rings (SSSR count). The number of benzene rings is 1. The maximum atomic E-state index is 6.07. The quantitative estimate of drug-likeness (QED) is 0.822. The van der Waals surface area contributed by atoms with Crippen LogP contribution in [0.15, 0.2) is 12.1 Å². The largest absolute Gasteiger partial charge is 0.378 e. The van der Waals surface area contributed by atoms with Crippen LogP contribution in [-0.4, -0.2) is 36.0 Å². The van der Waals surface area contributed by atoms with E-state index in [4.69, 9.17) is 40.2 Å². The molecule has 4 nitrogen and oxygen atoms in total. The Bertz CT molecular complexity index is 646. The number of ether oxygens (including phenoxy) is 1. The predicted octanol–water partition coefficient (Wildman–Crippen LogP) is 2.97. The Morgan fingerprint density at radius 1 is 1.17 bits per heavy atom. The van der Waals surface area contributed by atoms with Crippen LogP contribution in [0.3, 0.4) is 0 Å². The van der Waals surface area contributed by atoms with Crippen molar-refractivity contribution >= 4 is 46.5 Å². The zero-order valence-corrected chi connectivity index (χ0v) is 11.8. The molecule has 96 valence electrons. The van der Waals surface area contributed by atoms with Gasteiger partial charge in [-0.05, 0) is 24.4 Å². The van der Waals surface area contributed by atoms with Gasteiger partial charge in [-0.25, -0.2) is 4.68 Å². The Labute approximate surface area is 119 Å². The monoisotopic (exact) mass is 303 g/mol. The number of morpholine rings is 1. The average Bonchev–Trinajstić information content (AvgIpc) is 2.66. The molecule has 0 bridgehead atoms. The van der Waals surface area contributed by atoms with Crippen molar-refractivity contribution in [2.45, 2.75) is 0 Å². The van der Waals surface area contributed by atoms with Crippen LogP contribution in [0.1, 0.15) is 0 Å². The Kier molecular flexibility index (Phi) is 3.23.